The lowest BCUT2D eigenvalue weighted by molar-refractivity contribution is -0.124. The Labute approximate surface area is 188 Å². The van der Waals surface area contributed by atoms with Crippen LogP contribution in [0.15, 0.2) is 42.5 Å². The van der Waals surface area contributed by atoms with Gasteiger partial charge in [0.1, 0.15) is 17.3 Å². The van der Waals surface area contributed by atoms with Gasteiger partial charge >= 0.3 is 0 Å². The molecule has 1 heterocycles. The summed E-state index contributed by atoms with van der Waals surface area (Å²) >= 11 is 0. The van der Waals surface area contributed by atoms with Crippen molar-refractivity contribution in [1.29, 1.82) is 0 Å². The van der Waals surface area contributed by atoms with Crippen LogP contribution < -0.4 is 14.8 Å². The Balaban J connectivity index is 1.88. The Morgan fingerprint density at radius 1 is 1.09 bits per heavy atom. The standard InChI is InChI=1S/C25H31FN2O4/c1-16(2)11-12-27-24(29)22-15-28(25(30)17-5-7-18(26)8-6-17)14-21(22)20-10-9-19(31-3)13-23(20)32-4/h5-10,13,16,21-22H,11-12,14-15H2,1-4H3,(H,27,29). The molecule has 3 rings (SSSR count). The van der Waals surface area contributed by atoms with Gasteiger partial charge in [0, 0.05) is 42.7 Å². The van der Waals surface area contributed by atoms with E-state index < -0.39 is 11.7 Å². The number of rotatable bonds is 8. The highest BCUT2D eigenvalue weighted by Gasteiger charge is 2.41. The third-order valence-corrected chi connectivity index (χ3v) is 5.90. The van der Waals surface area contributed by atoms with Crippen LogP contribution in [0, 0.1) is 17.7 Å². The van der Waals surface area contributed by atoms with Gasteiger partial charge < -0.3 is 19.7 Å². The minimum Gasteiger partial charge on any atom is -0.497 e. The minimum atomic E-state index is -0.422. The first-order valence-electron chi connectivity index (χ1n) is 10.9. The van der Waals surface area contributed by atoms with E-state index in [0.717, 1.165) is 12.0 Å². The molecule has 1 fully saturated rings. The van der Waals surface area contributed by atoms with Crippen molar-refractivity contribution in [3.05, 3.63) is 59.4 Å². The van der Waals surface area contributed by atoms with Crippen molar-refractivity contribution in [2.75, 3.05) is 33.9 Å². The second kappa shape index (κ2) is 10.5. The van der Waals surface area contributed by atoms with Gasteiger partial charge in [0.25, 0.3) is 5.91 Å². The summed E-state index contributed by atoms with van der Waals surface area (Å²) in [6.45, 7) is 5.45. The van der Waals surface area contributed by atoms with Crippen LogP contribution in [-0.2, 0) is 4.79 Å². The fourth-order valence-corrected chi connectivity index (χ4v) is 4.07. The summed E-state index contributed by atoms with van der Waals surface area (Å²) in [5.41, 5.74) is 1.25. The largest absolute Gasteiger partial charge is 0.497 e. The van der Waals surface area contributed by atoms with Crippen molar-refractivity contribution in [3.63, 3.8) is 0 Å². The van der Waals surface area contributed by atoms with E-state index in [1.807, 2.05) is 12.1 Å². The molecule has 32 heavy (non-hydrogen) atoms. The summed E-state index contributed by atoms with van der Waals surface area (Å²) in [4.78, 5) is 27.9. The molecule has 2 aromatic carbocycles. The first-order chi connectivity index (χ1) is 15.3. The maximum atomic E-state index is 13.3. The average molecular weight is 443 g/mol. The molecule has 2 aromatic rings. The molecule has 0 saturated carbocycles. The third kappa shape index (κ3) is 5.39. The molecule has 1 aliphatic heterocycles. The van der Waals surface area contributed by atoms with Crippen LogP contribution in [0.3, 0.4) is 0 Å². The molecule has 0 aliphatic carbocycles. The van der Waals surface area contributed by atoms with Gasteiger partial charge in [-0.15, -0.1) is 0 Å². The average Bonchev–Trinajstić information content (AvgIpc) is 3.23. The van der Waals surface area contributed by atoms with Crippen molar-refractivity contribution in [1.82, 2.24) is 10.2 Å². The van der Waals surface area contributed by atoms with Gasteiger partial charge in [-0.2, -0.15) is 0 Å². The number of hydrogen-bond donors (Lipinski definition) is 1. The zero-order chi connectivity index (χ0) is 23.3. The fraction of sp³-hybridized carbons (Fsp3) is 0.440. The topological polar surface area (TPSA) is 67.9 Å². The summed E-state index contributed by atoms with van der Waals surface area (Å²) in [5, 5.41) is 3.03. The van der Waals surface area contributed by atoms with Gasteiger partial charge in [-0.05, 0) is 42.7 Å². The van der Waals surface area contributed by atoms with Crippen LogP contribution in [0.2, 0.25) is 0 Å². The number of likely N-dealkylation sites (tertiary alicyclic amines) is 1. The van der Waals surface area contributed by atoms with Crippen molar-refractivity contribution in [2.24, 2.45) is 11.8 Å². The SMILES string of the molecule is COc1ccc(C2CN(C(=O)c3ccc(F)cc3)CC2C(=O)NCCC(C)C)c(OC)c1. The van der Waals surface area contributed by atoms with E-state index in [9.17, 15) is 14.0 Å². The summed E-state index contributed by atoms with van der Waals surface area (Å²) in [5.74, 6) is 0.390. The van der Waals surface area contributed by atoms with Crippen LogP contribution in [0.25, 0.3) is 0 Å². The zero-order valence-corrected chi connectivity index (χ0v) is 19.1. The smallest absolute Gasteiger partial charge is 0.253 e. The number of amides is 2. The lowest BCUT2D eigenvalue weighted by atomic mass is 9.87. The predicted molar refractivity (Wildman–Crippen MR) is 121 cm³/mol. The number of methoxy groups -OCH3 is 2. The van der Waals surface area contributed by atoms with E-state index in [1.54, 1.807) is 25.2 Å². The quantitative estimate of drug-likeness (QED) is 0.674. The van der Waals surface area contributed by atoms with Gasteiger partial charge in [-0.1, -0.05) is 19.9 Å². The maximum Gasteiger partial charge on any atom is 0.253 e. The number of nitrogens with zero attached hydrogens (tertiary/aromatic N) is 1. The highest BCUT2D eigenvalue weighted by molar-refractivity contribution is 5.95. The van der Waals surface area contributed by atoms with E-state index in [2.05, 4.69) is 19.2 Å². The third-order valence-electron chi connectivity index (χ3n) is 5.90. The monoisotopic (exact) mass is 442 g/mol. The van der Waals surface area contributed by atoms with Crippen LogP contribution in [0.4, 0.5) is 4.39 Å². The number of ether oxygens (including phenoxy) is 2. The molecular formula is C25H31FN2O4. The van der Waals surface area contributed by atoms with Crippen LogP contribution in [0.5, 0.6) is 11.5 Å². The fourth-order valence-electron chi connectivity index (χ4n) is 4.07. The lowest BCUT2D eigenvalue weighted by Gasteiger charge is -2.21. The molecule has 0 spiro atoms. The number of hydrogen-bond acceptors (Lipinski definition) is 4. The van der Waals surface area contributed by atoms with E-state index in [1.165, 1.54) is 24.3 Å². The number of carbonyl (C=O) groups is 2. The molecule has 0 aromatic heterocycles. The Hall–Kier alpha value is -3.09. The van der Waals surface area contributed by atoms with Crippen molar-refractivity contribution < 1.29 is 23.5 Å². The van der Waals surface area contributed by atoms with Crippen LogP contribution in [0.1, 0.15) is 42.1 Å². The Kier molecular flexibility index (Phi) is 7.72. The van der Waals surface area contributed by atoms with E-state index in [4.69, 9.17) is 9.47 Å². The first kappa shape index (κ1) is 23.6. The lowest BCUT2D eigenvalue weighted by Crippen LogP contribution is -2.36. The Morgan fingerprint density at radius 2 is 1.81 bits per heavy atom. The van der Waals surface area contributed by atoms with Crippen molar-refractivity contribution in [3.8, 4) is 11.5 Å². The van der Waals surface area contributed by atoms with Gasteiger partial charge in [-0.3, -0.25) is 9.59 Å². The van der Waals surface area contributed by atoms with Crippen molar-refractivity contribution >= 4 is 11.8 Å². The molecule has 2 unspecified atom stereocenters. The number of halogens is 1. The van der Waals surface area contributed by atoms with Gasteiger partial charge in [-0.25, -0.2) is 4.39 Å². The van der Waals surface area contributed by atoms with Gasteiger partial charge in [0.05, 0.1) is 20.1 Å². The first-order valence-corrected chi connectivity index (χ1v) is 10.9. The molecule has 0 bridgehead atoms. The van der Waals surface area contributed by atoms with Crippen LogP contribution in [-0.4, -0.2) is 50.6 Å². The maximum absolute atomic E-state index is 13.3. The molecule has 1 aliphatic rings. The normalized spacial score (nSPS) is 18.0. The summed E-state index contributed by atoms with van der Waals surface area (Å²) in [7, 11) is 3.16. The molecule has 6 nitrogen and oxygen atoms in total. The van der Waals surface area contributed by atoms with Gasteiger partial charge in [0.15, 0.2) is 0 Å². The van der Waals surface area contributed by atoms with Gasteiger partial charge in [0.2, 0.25) is 5.91 Å². The molecule has 172 valence electrons. The molecule has 2 amide bonds. The number of benzene rings is 2. The molecule has 2 atom stereocenters. The van der Waals surface area contributed by atoms with E-state index in [0.29, 0.717) is 36.1 Å². The summed E-state index contributed by atoms with van der Waals surface area (Å²) < 4.78 is 24.2. The summed E-state index contributed by atoms with van der Waals surface area (Å²) in [6.07, 6.45) is 0.882. The molecule has 1 saturated heterocycles. The van der Waals surface area contributed by atoms with E-state index in [-0.39, 0.29) is 24.3 Å². The second-order valence-corrected chi connectivity index (χ2v) is 8.51. The second-order valence-electron chi connectivity index (χ2n) is 8.51. The highest BCUT2D eigenvalue weighted by Crippen LogP contribution is 2.39. The van der Waals surface area contributed by atoms with E-state index >= 15 is 0 Å². The Bertz CT molecular complexity index is 945. The molecular weight excluding hydrogens is 411 g/mol. The molecule has 7 heteroatoms. The minimum absolute atomic E-state index is 0.0806. The summed E-state index contributed by atoms with van der Waals surface area (Å²) in [6, 6.07) is 11.0. The number of carbonyl (C=O) groups excluding carboxylic acids is 2. The van der Waals surface area contributed by atoms with Crippen molar-refractivity contribution in [2.45, 2.75) is 26.2 Å². The molecule has 1 N–H and O–H groups in total. The predicted octanol–water partition coefficient (Wildman–Crippen LogP) is 3.86. The Morgan fingerprint density at radius 3 is 2.44 bits per heavy atom. The zero-order valence-electron chi connectivity index (χ0n) is 19.1. The highest BCUT2D eigenvalue weighted by atomic mass is 19.1. The number of nitrogens with one attached hydrogen (secondary N) is 1. The molecule has 0 radical (unpaired) electrons. The van der Waals surface area contributed by atoms with Crippen LogP contribution >= 0.6 is 0 Å².